The predicted molar refractivity (Wildman–Crippen MR) is 79.2 cm³/mol. The van der Waals surface area contributed by atoms with Gasteiger partial charge in [0.15, 0.2) is 17.3 Å². The maximum atomic E-state index is 9.63. The summed E-state index contributed by atoms with van der Waals surface area (Å²) in [5, 5.41) is 12.9. The highest BCUT2D eigenvalue weighted by atomic mass is 16.5. The Morgan fingerprint density at radius 2 is 2.05 bits per heavy atom. The van der Waals surface area contributed by atoms with Crippen LogP contribution in [0.25, 0.3) is 11.4 Å². The number of phenols is 1. The first-order chi connectivity index (χ1) is 9.63. The Bertz CT molecular complexity index is 600. The molecule has 2 rings (SSSR count). The lowest BCUT2D eigenvalue weighted by Crippen LogP contribution is -2.04. The van der Waals surface area contributed by atoms with E-state index in [0.29, 0.717) is 11.6 Å². The molecule has 0 amide bonds. The number of hydrogen-bond acceptors (Lipinski definition) is 5. The molecule has 1 aromatic heterocycles. The summed E-state index contributed by atoms with van der Waals surface area (Å²) in [7, 11) is 1.52. The van der Waals surface area contributed by atoms with E-state index in [1.807, 2.05) is 13.0 Å². The van der Waals surface area contributed by atoms with E-state index in [1.165, 1.54) is 7.11 Å². The van der Waals surface area contributed by atoms with Gasteiger partial charge in [-0.05, 0) is 31.5 Å². The Balaban J connectivity index is 2.38. The minimum atomic E-state index is 0.105. The molecule has 1 heterocycles. The topological polar surface area (TPSA) is 67.3 Å². The summed E-state index contributed by atoms with van der Waals surface area (Å²) < 4.78 is 5.11. The molecule has 0 saturated carbocycles. The molecule has 106 valence electrons. The predicted octanol–water partition coefficient (Wildman–Crippen LogP) is 2.99. The van der Waals surface area contributed by atoms with Crippen molar-refractivity contribution in [3.8, 4) is 22.9 Å². The molecule has 0 saturated heterocycles. The molecule has 2 aromatic rings. The molecule has 0 aliphatic carbocycles. The summed E-state index contributed by atoms with van der Waals surface area (Å²) in [5.74, 6) is 1.94. The van der Waals surface area contributed by atoms with E-state index in [1.54, 1.807) is 18.2 Å². The summed E-state index contributed by atoms with van der Waals surface area (Å²) in [6, 6.07) is 7.00. The summed E-state index contributed by atoms with van der Waals surface area (Å²) in [4.78, 5) is 8.92. The number of aryl methyl sites for hydroxylation is 1. The molecule has 20 heavy (non-hydrogen) atoms. The van der Waals surface area contributed by atoms with Crippen molar-refractivity contribution in [2.45, 2.75) is 20.3 Å². The van der Waals surface area contributed by atoms with E-state index in [-0.39, 0.29) is 5.75 Å². The molecule has 0 aliphatic heterocycles. The number of hydrogen-bond donors (Lipinski definition) is 2. The minimum Gasteiger partial charge on any atom is -0.504 e. The number of nitrogens with one attached hydrogen (secondary N) is 1. The first-order valence-corrected chi connectivity index (χ1v) is 6.61. The molecule has 0 unspecified atom stereocenters. The van der Waals surface area contributed by atoms with Gasteiger partial charge in [-0.15, -0.1) is 0 Å². The molecule has 2 N–H and O–H groups in total. The normalized spacial score (nSPS) is 10.3. The van der Waals surface area contributed by atoms with Crippen LogP contribution in [0.4, 0.5) is 5.82 Å². The van der Waals surface area contributed by atoms with Gasteiger partial charge in [-0.2, -0.15) is 0 Å². The number of methoxy groups -OCH3 is 1. The van der Waals surface area contributed by atoms with Gasteiger partial charge < -0.3 is 15.2 Å². The lowest BCUT2D eigenvalue weighted by atomic mass is 10.2. The van der Waals surface area contributed by atoms with Crippen LogP contribution in [-0.2, 0) is 0 Å². The molecule has 0 fully saturated rings. The summed E-state index contributed by atoms with van der Waals surface area (Å²) >= 11 is 0. The number of aromatic hydroxyl groups is 1. The van der Waals surface area contributed by atoms with Crippen molar-refractivity contribution >= 4 is 5.82 Å². The molecular formula is C15H19N3O2. The number of anilines is 1. The number of ether oxygens (including phenoxy) is 1. The third kappa shape index (κ3) is 3.17. The van der Waals surface area contributed by atoms with E-state index in [0.717, 1.165) is 30.0 Å². The molecule has 0 radical (unpaired) electrons. The van der Waals surface area contributed by atoms with Gasteiger partial charge in [0, 0.05) is 23.9 Å². The van der Waals surface area contributed by atoms with Crippen molar-refractivity contribution in [3.05, 3.63) is 30.0 Å². The van der Waals surface area contributed by atoms with Gasteiger partial charge in [0.25, 0.3) is 0 Å². The standard InChI is InChI=1S/C15H19N3O2/c1-4-7-16-14-8-10(2)17-15(18-14)11-5-6-12(19)13(9-11)20-3/h5-6,8-9,19H,4,7H2,1-3H3,(H,16,17,18). The zero-order valence-electron chi connectivity index (χ0n) is 12.0. The monoisotopic (exact) mass is 273 g/mol. The van der Waals surface area contributed by atoms with Crippen LogP contribution in [-0.4, -0.2) is 28.7 Å². The summed E-state index contributed by atoms with van der Waals surface area (Å²) in [5.41, 5.74) is 1.70. The van der Waals surface area contributed by atoms with Crippen molar-refractivity contribution in [2.24, 2.45) is 0 Å². The lowest BCUT2D eigenvalue weighted by Gasteiger charge is -2.09. The van der Waals surface area contributed by atoms with E-state index >= 15 is 0 Å². The fraction of sp³-hybridized carbons (Fsp3) is 0.333. The van der Waals surface area contributed by atoms with Crippen molar-refractivity contribution in [1.82, 2.24) is 9.97 Å². The number of nitrogens with zero attached hydrogens (tertiary/aromatic N) is 2. The average molecular weight is 273 g/mol. The highest BCUT2D eigenvalue weighted by Crippen LogP contribution is 2.30. The van der Waals surface area contributed by atoms with Crippen molar-refractivity contribution in [1.29, 1.82) is 0 Å². The van der Waals surface area contributed by atoms with Crippen LogP contribution in [0.5, 0.6) is 11.5 Å². The third-order valence-corrected chi connectivity index (χ3v) is 2.85. The lowest BCUT2D eigenvalue weighted by molar-refractivity contribution is 0.373. The summed E-state index contributed by atoms with van der Waals surface area (Å²) in [6.45, 7) is 4.90. The molecule has 0 aliphatic rings. The quantitative estimate of drug-likeness (QED) is 0.876. The second kappa shape index (κ2) is 6.23. The molecular weight excluding hydrogens is 254 g/mol. The zero-order chi connectivity index (χ0) is 14.5. The van der Waals surface area contributed by atoms with Crippen molar-refractivity contribution < 1.29 is 9.84 Å². The van der Waals surface area contributed by atoms with Crippen LogP contribution in [0, 0.1) is 6.92 Å². The van der Waals surface area contributed by atoms with Gasteiger partial charge >= 0.3 is 0 Å². The van der Waals surface area contributed by atoms with Crippen LogP contribution >= 0.6 is 0 Å². The largest absolute Gasteiger partial charge is 0.504 e. The third-order valence-electron chi connectivity index (χ3n) is 2.85. The molecule has 1 aromatic carbocycles. The molecule has 5 heteroatoms. The van der Waals surface area contributed by atoms with Crippen LogP contribution in [0.3, 0.4) is 0 Å². The highest BCUT2D eigenvalue weighted by molar-refractivity contribution is 5.62. The van der Waals surface area contributed by atoms with E-state index < -0.39 is 0 Å². The second-order valence-electron chi connectivity index (χ2n) is 4.53. The molecule has 0 spiro atoms. The molecule has 0 bridgehead atoms. The van der Waals surface area contributed by atoms with Crippen molar-refractivity contribution in [2.75, 3.05) is 19.0 Å². The first kappa shape index (κ1) is 14.1. The Kier molecular flexibility index (Phi) is 4.40. The Hall–Kier alpha value is -2.30. The van der Waals surface area contributed by atoms with Gasteiger partial charge in [-0.25, -0.2) is 9.97 Å². The maximum absolute atomic E-state index is 9.63. The number of aromatic nitrogens is 2. The average Bonchev–Trinajstić information content (AvgIpc) is 2.45. The van der Waals surface area contributed by atoms with Gasteiger partial charge in [0.05, 0.1) is 7.11 Å². The number of rotatable bonds is 5. The first-order valence-electron chi connectivity index (χ1n) is 6.61. The van der Waals surface area contributed by atoms with Crippen LogP contribution in [0.1, 0.15) is 19.0 Å². The van der Waals surface area contributed by atoms with Crippen LogP contribution in [0.15, 0.2) is 24.3 Å². The van der Waals surface area contributed by atoms with E-state index in [4.69, 9.17) is 4.74 Å². The Morgan fingerprint density at radius 3 is 2.75 bits per heavy atom. The molecule has 5 nitrogen and oxygen atoms in total. The Morgan fingerprint density at radius 1 is 1.25 bits per heavy atom. The van der Waals surface area contributed by atoms with Gasteiger partial charge in [-0.3, -0.25) is 0 Å². The fourth-order valence-electron chi connectivity index (χ4n) is 1.86. The second-order valence-corrected chi connectivity index (χ2v) is 4.53. The van der Waals surface area contributed by atoms with Gasteiger partial charge in [0.2, 0.25) is 0 Å². The van der Waals surface area contributed by atoms with Crippen LogP contribution < -0.4 is 10.1 Å². The van der Waals surface area contributed by atoms with Crippen LogP contribution in [0.2, 0.25) is 0 Å². The van der Waals surface area contributed by atoms with E-state index in [9.17, 15) is 5.11 Å². The highest BCUT2D eigenvalue weighted by Gasteiger charge is 2.08. The fourth-order valence-corrected chi connectivity index (χ4v) is 1.86. The zero-order valence-corrected chi connectivity index (χ0v) is 12.0. The SMILES string of the molecule is CCCNc1cc(C)nc(-c2ccc(O)c(OC)c2)n1. The van der Waals surface area contributed by atoms with E-state index in [2.05, 4.69) is 22.2 Å². The molecule has 0 atom stereocenters. The maximum Gasteiger partial charge on any atom is 0.161 e. The summed E-state index contributed by atoms with van der Waals surface area (Å²) in [6.07, 6.45) is 1.03. The smallest absolute Gasteiger partial charge is 0.161 e. The number of phenolic OH excluding ortho intramolecular Hbond substituents is 1. The van der Waals surface area contributed by atoms with Crippen molar-refractivity contribution in [3.63, 3.8) is 0 Å². The Labute approximate surface area is 118 Å². The number of benzene rings is 1. The minimum absolute atomic E-state index is 0.105. The van der Waals surface area contributed by atoms with Gasteiger partial charge in [-0.1, -0.05) is 6.92 Å². The van der Waals surface area contributed by atoms with Gasteiger partial charge in [0.1, 0.15) is 5.82 Å².